The Labute approximate surface area is 192 Å². The lowest BCUT2D eigenvalue weighted by atomic mass is 9.96. The van der Waals surface area contributed by atoms with Crippen LogP contribution in [0.5, 0.6) is 0 Å². The molecule has 1 aromatic carbocycles. The van der Waals surface area contributed by atoms with Gasteiger partial charge >= 0.3 is 6.18 Å². The van der Waals surface area contributed by atoms with Crippen molar-refractivity contribution in [1.29, 1.82) is 0 Å². The third kappa shape index (κ3) is 4.81. The maximum absolute atomic E-state index is 14.4. The van der Waals surface area contributed by atoms with E-state index in [9.17, 15) is 17.6 Å². The molecule has 0 aliphatic carbocycles. The van der Waals surface area contributed by atoms with Crippen LogP contribution < -0.4 is 10.6 Å². The predicted octanol–water partition coefficient (Wildman–Crippen LogP) is 6.18. The first-order valence-electron chi connectivity index (χ1n) is 10.7. The molecule has 2 unspecified atom stereocenters. The molecule has 9 heteroatoms. The summed E-state index contributed by atoms with van der Waals surface area (Å²) >= 11 is 0. The van der Waals surface area contributed by atoms with Crippen LogP contribution in [0, 0.1) is 11.7 Å². The normalized spacial score (nSPS) is 16.8. The van der Waals surface area contributed by atoms with Gasteiger partial charge in [0.1, 0.15) is 11.6 Å². The number of nitrogens with one attached hydrogen (secondary N) is 1. The number of pyridine rings is 1. The van der Waals surface area contributed by atoms with Gasteiger partial charge in [-0.05, 0) is 60.0 Å². The topological polar surface area (TPSA) is 42.7 Å². The SMILES string of the molecule is C=C(/C=C(/c1cc2n(n1)CCCC2Nc1nccc2c(F)cc(P)cc12)C(C)C)C(F)(F)F. The number of hydrogen-bond donors (Lipinski definition) is 1. The Kier molecular flexibility index (Phi) is 6.32. The molecule has 0 spiro atoms. The second kappa shape index (κ2) is 8.90. The standard InChI is InChI=1S/C24H25F4N4P/c1-13(2)17(9-14(3)24(26,27)28)21-12-22-20(5-4-8-32(22)31-21)30-23-18-10-15(33)11-19(25)16(18)6-7-29-23/h6-7,9-13,20H,3-5,8,33H2,1-2H3,(H,29,30)/b17-9+. The van der Waals surface area contributed by atoms with Gasteiger partial charge in [-0.1, -0.05) is 20.4 Å². The summed E-state index contributed by atoms with van der Waals surface area (Å²) in [6, 6.07) is 6.61. The highest BCUT2D eigenvalue weighted by atomic mass is 31.0. The van der Waals surface area contributed by atoms with Crippen molar-refractivity contribution >= 4 is 36.7 Å². The van der Waals surface area contributed by atoms with E-state index in [-0.39, 0.29) is 17.8 Å². The Hall–Kier alpha value is -2.73. The van der Waals surface area contributed by atoms with E-state index in [4.69, 9.17) is 0 Å². The van der Waals surface area contributed by atoms with Crippen LogP contribution in [0.25, 0.3) is 16.3 Å². The first kappa shape index (κ1) is 23.4. The van der Waals surface area contributed by atoms with Gasteiger partial charge in [0.2, 0.25) is 0 Å². The summed E-state index contributed by atoms with van der Waals surface area (Å²) in [7, 11) is 2.50. The van der Waals surface area contributed by atoms with Crippen LogP contribution in [-0.2, 0) is 6.54 Å². The molecule has 2 aromatic heterocycles. The fourth-order valence-corrected chi connectivity index (χ4v) is 4.43. The van der Waals surface area contributed by atoms with Crippen molar-refractivity contribution in [1.82, 2.24) is 14.8 Å². The summed E-state index contributed by atoms with van der Waals surface area (Å²) in [4.78, 5) is 4.43. The summed E-state index contributed by atoms with van der Waals surface area (Å²) < 4.78 is 55.5. The molecular formula is C24H25F4N4P. The number of alkyl halides is 3. The first-order valence-corrected chi connectivity index (χ1v) is 11.3. The minimum Gasteiger partial charge on any atom is -0.361 e. The molecule has 33 heavy (non-hydrogen) atoms. The largest absolute Gasteiger partial charge is 0.415 e. The molecule has 0 radical (unpaired) electrons. The summed E-state index contributed by atoms with van der Waals surface area (Å²) in [6.45, 7) is 7.52. The first-order chi connectivity index (χ1) is 15.5. The van der Waals surface area contributed by atoms with E-state index in [1.54, 1.807) is 12.3 Å². The summed E-state index contributed by atoms with van der Waals surface area (Å²) in [5, 5.41) is 9.88. The molecule has 1 aliphatic rings. The van der Waals surface area contributed by atoms with Crippen molar-refractivity contribution in [2.24, 2.45) is 5.92 Å². The number of aryl methyl sites for hydroxylation is 1. The molecule has 3 heterocycles. The minimum atomic E-state index is -4.49. The van der Waals surface area contributed by atoms with Crippen molar-refractivity contribution in [3.8, 4) is 0 Å². The minimum absolute atomic E-state index is 0.159. The van der Waals surface area contributed by atoms with Crippen molar-refractivity contribution in [3.05, 3.63) is 65.9 Å². The van der Waals surface area contributed by atoms with Crippen LogP contribution in [0.3, 0.4) is 0 Å². The molecular weight excluding hydrogens is 451 g/mol. The van der Waals surface area contributed by atoms with Crippen LogP contribution in [0.15, 0.2) is 48.7 Å². The Morgan fingerprint density at radius 2 is 2.03 bits per heavy atom. The van der Waals surface area contributed by atoms with Gasteiger partial charge in [0.05, 0.1) is 17.4 Å². The lowest BCUT2D eigenvalue weighted by molar-refractivity contribution is -0.0877. The van der Waals surface area contributed by atoms with E-state index < -0.39 is 11.7 Å². The zero-order valence-corrected chi connectivity index (χ0v) is 19.5. The second-order valence-corrected chi connectivity index (χ2v) is 9.22. The average Bonchev–Trinajstić information content (AvgIpc) is 3.16. The molecule has 2 atom stereocenters. The second-order valence-electron chi connectivity index (χ2n) is 8.55. The number of fused-ring (bicyclic) bond motifs is 2. The quantitative estimate of drug-likeness (QED) is 0.272. The fraction of sp³-hybridized carbons (Fsp3) is 0.333. The molecule has 174 valence electrons. The zero-order chi connectivity index (χ0) is 23.9. The van der Waals surface area contributed by atoms with Crippen molar-refractivity contribution in [3.63, 3.8) is 0 Å². The molecule has 3 aromatic rings. The number of anilines is 1. The maximum Gasteiger partial charge on any atom is 0.415 e. The summed E-state index contributed by atoms with van der Waals surface area (Å²) in [5.41, 5.74) is 0.947. The van der Waals surface area contributed by atoms with Gasteiger partial charge in [-0.25, -0.2) is 9.37 Å². The Morgan fingerprint density at radius 1 is 1.27 bits per heavy atom. The number of benzene rings is 1. The van der Waals surface area contributed by atoms with Crippen LogP contribution >= 0.6 is 9.24 Å². The lowest BCUT2D eigenvalue weighted by Gasteiger charge is -2.25. The molecule has 4 rings (SSSR count). The molecule has 1 aliphatic heterocycles. The predicted molar refractivity (Wildman–Crippen MR) is 127 cm³/mol. The third-order valence-corrected chi connectivity index (χ3v) is 6.14. The highest BCUT2D eigenvalue weighted by Crippen LogP contribution is 2.35. The van der Waals surface area contributed by atoms with Crippen LogP contribution in [0.2, 0.25) is 0 Å². The maximum atomic E-state index is 14.4. The number of halogens is 4. The van der Waals surface area contributed by atoms with E-state index in [2.05, 4.69) is 31.2 Å². The summed E-state index contributed by atoms with van der Waals surface area (Å²) in [5.74, 6) is 0.0631. The van der Waals surface area contributed by atoms with E-state index >= 15 is 0 Å². The van der Waals surface area contributed by atoms with Crippen molar-refractivity contribution < 1.29 is 17.6 Å². The van der Waals surface area contributed by atoms with Crippen molar-refractivity contribution in [2.75, 3.05) is 5.32 Å². The van der Waals surface area contributed by atoms with Gasteiger partial charge in [-0.2, -0.15) is 18.3 Å². The highest BCUT2D eigenvalue weighted by molar-refractivity contribution is 7.27. The molecule has 4 nitrogen and oxygen atoms in total. The zero-order valence-electron chi connectivity index (χ0n) is 18.4. The monoisotopic (exact) mass is 476 g/mol. The number of hydrogen-bond acceptors (Lipinski definition) is 3. The van der Waals surface area contributed by atoms with E-state index in [1.165, 1.54) is 6.07 Å². The number of nitrogens with zero attached hydrogens (tertiary/aromatic N) is 3. The number of rotatable bonds is 5. The average molecular weight is 476 g/mol. The van der Waals surface area contributed by atoms with Gasteiger partial charge in [0.15, 0.2) is 0 Å². The lowest BCUT2D eigenvalue weighted by Crippen LogP contribution is -2.22. The van der Waals surface area contributed by atoms with E-state index in [0.29, 0.717) is 39.7 Å². The van der Waals surface area contributed by atoms with Crippen LogP contribution in [-0.4, -0.2) is 20.9 Å². The summed E-state index contributed by atoms with van der Waals surface area (Å²) in [6.07, 6.45) is -0.214. The molecule has 1 N–H and O–H groups in total. The molecule has 0 saturated heterocycles. The van der Waals surface area contributed by atoms with Gasteiger partial charge in [-0.3, -0.25) is 4.68 Å². The third-order valence-electron chi connectivity index (χ3n) is 5.81. The molecule has 0 bridgehead atoms. The Bertz CT molecular complexity index is 1240. The van der Waals surface area contributed by atoms with Gasteiger partial charge in [-0.15, -0.1) is 9.24 Å². The molecule has 0 fully saturated rings. The highest BCUT2D eigenvalue weighted by Gasteiger charge is 2.32. The van der Waals surface area contributed by atoms with Crippen LogP contribution in [0.1, 0.15) is 44.1 Å². The van der Waals surface area contributed by atoms with Gasteiger partial charge < -0.3 is 5.32 Å². The van der Waals surface area contributed by atoms with Gasteiger partial charge in [0.25, 0.3) is 0 Å². The molecule has 0 saturated carbocycles. The van der Waals surface area contributed by atoms with Crippen molar-refractivity contribution in [2.45, 2.75) is 45.5 Å². The smallest absolute Gasteiger partial charge is 0.361 e. The molecule has 0 amide bonds. The Balaban J connectivity index is 1.71. The fourth-order valence-electron chi connectivity index (χ4n) is 4.12. The van der Waals surface area contributed by atoms with E-state index in [0.717, 1.165) is 24.6 Å². The number of allylic oxidation sites excluding steroid dienone is 3. The van der Waals surface area contributed by atoms with Crippen LogP contribution in [0.4, 0.5) is 23.4 Å². The number of aromatic nitrogens is 3. The van der Waals surface area contributed by atoms with E-state index in [1.807, 2.05) is 30.7 Å². The Morgan fingerprint density at radius 3 is 2.73 bits per heavy atom. The van der Waals surface area contributed by atoms with Gasteiger partial charge in [0, 0.05) is 29.1 Å².